The molecule has 326 valence electrons. The van der Waals surface area contributed by atoms with Crippen LogP contribution in [0.25, 0.3) is 0 Å². The number of amides is 6. The number of carbonyl (C=O) groups excluding carboxylic acids is 6. The minimum absolute atomic E-state index is 0.0183. The van der Waals surface area contributed by atoms with E-state index in [0.717, 1.165) is 5.56 Å². The van der Waals surface area contributed by atoms with Crippen molar-refractivity contribution in [3.63, 3.8) is 0 Å². The quantitative estimate of drug-likeness (QED) is 0.0490. The summed E-state index contributed by atoms with van der Waals surface area (Å²) in [5, 5.41) is 23.5. The van der Waals surface area contributed by atoms with E-state index in [-0.39, 0.29) is 43.8 Å². The summed E-state index contributed by atoms with van der Waals surface area (Å²) < 4.78 is 0. The molecule has 6 amide bonds. The number of carbonyl (C=O) groups is 6. The Kier molecular flexibility index (Phi) is 18.8. The standard InChI is InChI=1S/C44H57N9O7S/c1-27(2)20-35(41(57)49-34(39(46)55)18-19-61-3)51-44(60)38(24-31-25-47-26-48-31)53-43(59)37(23-29-12-8-5-9-13-29)52-42(58)36(22-28-10-6-4-7-11-28)50-40(56)33(45)21-30-14-16-32(54)17-15-30/h4-17,25-27,33-38,54H,18-24,45H2,1-3H3,(H2,46,55)(H,47,48)(H,49,57)(H,50,56)(H,51,60)(H,52,58)(H,53,59)/t33-,34-,35-,36+,37-,38+/m0/s1. The number of nitrogens with two attached hydrogens (primary N) is 2. The molecule has 0 saturated carbocycles. The molecule has 17 heteroatoms. The number of H-pyrrole nitrogens is 1. The molecule has 0 saturated heterocycles. The minimum Gasteiger partial charge on any atom is -0.508 e. The van der Waals surface area contributed by atoms with Gasteiger partial charge in [-0.15, -0.1) is 0 Å². The number of thioether (sulfide) groups is 1. The molecule has 0 aliphatic carbocycles. The number of imidazole rings is 1. The molecule has 0 fully saturated rings. The van der Waals surface area contributed by atoms with Crippen molar-refractivity contribution in [2.45, 2.75) is 88.6 Å². The number of phenolic OH excluding ortho intramolecular Hbond substituents is 1. The number of aromatic nitrogens is 2. The van der Waals surface area contributed by atoms with Gasteiger partial charge in [-0.2, -0.15) is 11.8 Å². The Balaban J connectivity index is 1.59. The summed E-state index contributed by atoms with van der Waals surface area (Å²) in [6, 6.07) is 17.5. The van der Waals surface area contributed by atoms with Crippen LogP contribution in [0.1, 0.15) is 49.1 Å². The highest BCUT2D eigenvalue weighted by Crippen LogP contribution is 2.13. The van der Waals surface area contributed by atoms with Crippen LogP contribution in [0, 0.1) is 5.92 Å². The summed E-state index contributed by atoms with van der Waals surface area (Å²) in [5.74, 6) is -3.38. The molecule has 1 aromatic heterocycles. The van der Waals surface area contributed by atoms with Gasteiger partial charge in [0, 0.05) is 25.5 Å². The lowest BCUT2D eigenvalue weighted by molar-refractivity contribution is -0.135. The highest BCUT2D eigenvalue weighted by molar-refractivity contribution is 7.98. The van der Waals surface area contributed by atoms with E-state index < -0.39 is 71.7 Å². The summed E-state index contributed by atoms with van der Waals surface area (Å²) >= 11 is 1.49. The minimum atomic E-state index is -1.27. The lowest BCUT2D eigenvalue weighted by atomic mass is 10.00. The van der Waals surface area contributed by atoms with Gasteiger partial charge in [-0.25, -0.2) is 4.98 Å². The fourth-order valence-electron chi connectivity index (χ4n) is 6.51. The maximum atomic E-state index is 14.4. The van der Waals surface area contributed by atoms with Crippen LogP contribution >= 0.6 is 11.8 Å². The van der Waals surface area contributed by atoms with Crippen molar-refractivity contribution in [1.82, 2.24) is 36.6 Å². The molecule has 4 rings (SSSR count). The van der Waals surface area contributed by atoms with Crippen LogP contribution in [0.2, 0.25) is 0 Å². The molecule has 1 heterocycles. The molecule has 3 aromatic carbocycles. The molecule has 16 nitrogen and oxygen atoms in total. The van der Waals surface area contributed by atoms with Gasteiger partial charge >= 0.3 is 0 Å². The molecular weight excluding hydrogens is 799 g/mol. The van der Waals surface area contributed by atoms with Crippen molar-refractivity contribution < 1.29 is 33.9 Å². The fraction of sp³-hybridized carbons (Fsp3) is 0.386. The Labute approximate surface area is 360 Å². The second-order valence-electron chi connectivity index (χ2n) is 15.2. The van der Waals surface area contributed by atoms with Crippen LogP contribution in [0.5, 0.6) is 5.75 Å². The zero-order valence-corrected chi connectivity index (χ0v) is 35.5. The summed E-state index contributed by atoms with van der Waals surface area (Å²) in [5.41, 5.74) is 14.5. The Bertz CT molecular complexity index is 2020. The van der Waals surface area contributed by atoms with Crippen molar-refractivity contribution in [1.29, 1.82) is 0 Å². The van der Waals surface area contributed by atoms with Gasteiger partial charge in [0.05, 0.1) is 18.1 Å². The van der Waals surface area contributed by atoms with Crippen molar-refractivity contribution in [2.24, 2.45) is 17.4 Å². The largest absolute Gasteiger partial charge is 0.508 e. The number of nitrogens with one attached hydrogen (secondary N) is 6. The average molecular weight is 856 g/mol. The van der Waals surface area contributed by atoms with Crippen LogP contribution in [0.15, 0.2) is 97.5 Å². The monoisotopic (exact) mass is 855 g/mol. The van der Waals surface area contributed by atoms with Crippen LogP contribution < -0.4 is 38.1 Å². The van der Waals surface area contributed by atoms with E-state index in [1.54, 1.807) is 66.9 Å². The molecule has 11 N–H and O–H groups in total. The second kappa shape index (κ2) is 24.2. The second-order valence-corrected chi connectivity index (χ2v) is 16.2. The van der Waals surface area contributed by atoms with E-state index in [9.17, 15) is 33.9 Å². The SMILES string of the molecule is CSCC[C@H](NC(=O)[C@H](CC(C)C)NC(=O)[C@@H](Cc1c[nH]cn1)NC(=O)[C@H](Cc1ccccc1)NC(=O)[C@@H](Cc1ccccc1)NC(=O)[C@@H](N)Cc1ccc(O)cc1)C(N)=O. The predicted octanol–water partition coefficient (Wildman–Crippen LogP) is 1.42. The maximum absolute atomic E-state index is 14.4. The molecule has 0 spiro atoms. The highest BCUT2D eigenvalue weighted by atomic mass is 32.2. The lowest BCUT2D eigenvalue weighted by Gasteiger charge is -2.28. The molecule has 0 radical (unpaired) electrons. The number of primary amides is 1. The van der Waals surface area contributed by atoms with Gasteiger partial charge in [0.15, 0.2) is 0 Å². The smallest absolute Gasteiger partial charge is 0.243 e. The number of phenols is 1. The lowest BCUT2D eigenvalue weighted by Crippen LogP contribution is -2.60. The Morgan fingerprint density at radius 2 is 1.10 bits per heavy atom. The van der Waals surface area contributed by atoms with E-state index in [1.165, 1.54) is 30.2 Å². The van der Waals surface area contributed by atoms with Crippen LogP contribution in [-0.2, 0) is 54.5 Å². The highest BCUT2D eigenvalue weighted by Gasteiger charge is 2.33. The third-order valence-electron chi connectivity index (χ3n) is 9.77. The first kappa shape index (κ1) is 47.5. The molecule has 0 aliphatic heterocycles. The van der Waals surface area contributed by atoms with Crippen LogP contribution in [0.4, 0.5) is 0 Å². The number of benzene rings is 3. The van der Waals surface area contributed by atoms with E-state index >= 15 is 0 Å². The van der Waals surface area contributed by atoms with E-state index in [1.807, 2.05) is 32.2 Å². The first-order chi connectivity index (χ1) is 29.2. The van der Waals surface area contributed by atoms with Gasteiger partial charge in [0.25, 0.3) is 0 Å². The topological polar surface area (TPSA) is 264 Å². The van der Waals surface area contributed by atoms with Gasteiger partial charge in [-0.05, 0) is 66.0 Å². The summed E-state index contributed by atoms with van der Waals surface area (Å²) in [6.07, 6.45) is 5.53. The number of aromatic amines is 1. The normalized spacial score (nSPS) is 14.0. The number of aromatic hydroxyl groups is 1. The van der Waals surface area contributed by atoms with Gasteiger partial charge in [0.1, 0.15) is 36.0 Å². The first-order valence-electron chi connectivity index (χ1n) is 20.1. The average Bonchev–Trinajstić information content (AvgIpc) is 3.75. The zero-order valence-electron chi connectivity index (χ0n) is 34.6. The third kappa shape index (κ3) is 16.1. The summed E-state index contributed by atoms with van der Waals surface area (Å²) in [7, 11) is 0. The summed E-state index contributed by atoms with van der Waals surface area (Å²) in [4.78, 5) is 89.1. The molecule has 6 atom stereocenters. The summed E-state index contributed by atoms with van der Waals surface area (Å²) in [6.45, 7) is 3.75. The number of nitrogens with zero attached hydrogens (tertiary/aromatic N) is 1. The first-order valence-corrected chi connectivity index (χ1v) is 21.5. The van der Waals surface area contributed by atoms with Crippen molar-refractivity contribution in [2.75, 3.05) is 12.0 Å². The molecule has 4 aromatic rings. The van der Waals surface area contributed by atoms with E-state index in [4.69, 9.17) is 11.5 Å². The fourth-order valence-corrected chi connectivity index (χ4v) is 6.98. The van der Waals surface area contributed by atoms with Crippen LogP contribution in [0.3, 0.4) is 0 Å². The Morgan fingerprint density at radius 1 is 0.639 bits per heavy atom. The molecule has 0 unspecified atom stereocenters. The predicted molar refractivity (Wildman–Crippen MR) is 234 cm³/mol. The van der Waals surface area contributed by atoms with Crippen molar-refractivity contribution >= 4 is 47.2 Å². The van der Waals surface area contributed by atoms with Crippen molar-refractivity contribution in [3.05, 3.63) is 120 Å². The maximum Gasteiger partial charge on any atom is 0.243 e. The third-order valence-corrected chi connectivity index (χ3v) is 10.4. The van der Waals surface area contributed by atoms with E-state index in [0.29, 0.717) is 29.0 Å². The Hall–Kier alpha value is -6.20. The van der Waals surface area contributed by atoms with Gasteiger partial charge in [-0.3, -0.25) is 28.8 Å². The number of hydrogen-bond acceptors (Lipinski definition) is 10. The van der Waals surface area contributed by atoms with Gasteiger partial charge < -0.3 is 48.1 Å². The van der Waals surface area contributed by atoms with Crippen molar-refractivity contribution in [3.8, 4) is 5.75 Å². The molecule has 0 aliphatic rings. The van der Waals surface area contributed by atoms with Gasteiger partial charge in [-0.1, -0.05) is 86.6 Å². The zero-order chi connectivity index (χ0) is 44.3. The Morgan fingerprint density at radius 3 is 1.57 bits per heavy atom. The van der Waals surface area contributed by atoms with Crippen LogP contribution in [-0.4, -0.2) is 98.8 Å². The molecule has 0 bridgehead atoms. The van der Waals surface area contributed by atoms with E-state index in [2.05, 4.69) is 36.6 Å². The number of rotatable bonds is 24. The number of hydrogen-bond donors (Lipinski definition) is 9. The molecule has 61 heavy (non-hydrogen) atoms. The molecular formula is C44H57N9O7S. The van der Waals surface area contributed by atoms with Gasteiger partial charge in [0.2, 0.25) is 35.4 Å².